The van der Waals surface area contributed by atoms with Gasteiger partial charge in [-0.3, -0.25) is 0 Å². The van der Waals surface area contributed by atoms with Crippen LogP contribution < -0.4 is 14.8 Å². The smallest absolute Gasteiger partial charge is 0.164 e. The van der Waals surface area contributed by atoms with Crippen molar-refractivity contribution in [2.75, 3.05) is 45.9 Å². The summed E-state index contributed by atoms with van der Waals surface area (Å²) in [5, 5.41) is 4.17. The van der Waals surface area contributed by atoms with Gasteiger partial charge in [0.2, 0.25) is 0 Å². The van der Waals surface area contributed by atoms with Crippen molar-refractivity contribution < 1.29 is 9.47 Å². The van der Waals surface area contributed by atoms with Crippen LogP contribution in [0.2, 0.25) is 5.02 Å². The Kier molecular flexibility index (Phi) is 4.34. The largest absolute Gasteiger partial charge is 0.486 e. The van der Waals surface area contributed by atoms with Gasteiger partial charge >= 0.3 is 0 Å². The average Bonchev–Trinajstić information content (AvgIpc) is 2.48. The van der Waals surface area contributed by atoms with E-state index in [2.05, 4.69) is 17.1 Å². The molecule has 2 heterocycles. The fourth-order valence-corrected chi connectivity index (χ4v) is 3.20. The number of rotatable bonds is 3. The van der Waals surface area contributed by atoms with Crippen LogP contribution in [0.25, 0.3) is 0 Å². The van der Waals surface area contributed by atoms with E-state index < -0.39 is 0 Å². The Labute approximate surface area is 125 Å². The van der Waals surface area contributed by atoms with Crippen LogP contribution in [0.5, 0.6) is 11.5 Å². The number of halogens is 1. The molecule has 0 amide bonds. The minimum absolute atomic E-state index is 0.600. The molecule has 1 aromatic rings. The van der Waals surface area contributed by atoms with E-state index in [1.807, 2.05) is 6.07 Å². The normalized spacial score (nSPS) is 19.1. The average molecular weight is 297 g/mol. The zero-order valence-electron chi connectivity index (χ0n) is 11.9. The summed E-state index contributed by atoms with van der Waals surface area (Å²) in [6.07, 6.45) is 0.960. The third-order valence-electron chi connectivity index (χ3n) is 4.04. The summed E-state index contributed by atoms with van der Waals surface area (Å²) < 4.78 is 11.3. The summed E-state index contributed by atoms with van der Waals surface area (Å²) in [4.78, 5) is 2.48. The van der Waals surface area contributed by atoms with Gasteiger partial charge in [0.15, 0.2) is 11.5 Å². The minimum atomic E-state index is 0.600. The van der Waals surface area contributed by atoms with Crippen LogP contribution >= 0.6 is 11.6 Å². The summed E-state index contributed by atoms with van der Waals surface area (Å²) in [5.41, 5.74) is 2.32. The molecule has 5 heteroatoms. The first-order chi connectivity index (χ1) is 9.75. The zero-order valence-corrected chi connectivity index (χ0v) is 12.6. The number of nitrogens with zero attached hydrogens (tertiary/aromatic N) is 1. The number of fused-ring (bicyclic) bond motifs is 1. The molecule has 0 unspecified atom stereocenters. The maximum atomic E-state index is 6.42. The van der Waals surface area contributed by atoms with Crippen molar-refractivity contribution in [3.8, 4) is 11.5 Å². The molecule has 1 saturated heterocycles. The number of ether oxygens (including phenoxy) is 2. The Morgan fingerprint density at radius 1 is 1.25 bits per heavy atom. The van der Waals surface area contributed by atoms with Crippen LogP contribution in [0, 0.1) is 6.92 Å². The molecule has 3 rings (SSSR count). The first kappa shape index (κ1) is 14.0. The third-order valence-corrected chi connectivity index (χ3v) is 4.38. The lowest BCUT2D eigenvalue weighted by atomic mass is 10.0. The van der Waals surface area contributed by atoms with Gasteiger partial charge in [-0.05, 0) is 24.5 Å². The Hall–Kier alpha value is -0.970. The quantitative estimate of drug-likeness (QED) is 0.923. The van der Waals surface area contributed by atoms with Gasteiger partial charge in [-0.1, -0.05) is 11.6 Å². The van der Waals surface area contributed by atoms with Crippen LogP contribution in [-0.2, 0) is 6.42 Å². The lowest BCUT2D eigenvalue weighted by molar-refractivity contribution is 0.170. The number of nitrogens with one attached hydrogen (secondary N) is 1. The molecule has 1 aromatic carbocycles. The van der Waals surface area contributed by atoms with Gasteiger partial charge in [-0.15, -0.1) is 0 Å². The Bertz CT molecular complexity index is 487. The second-order valence-electron chi connectivity index (χ2n) is 5.33. The second kappa shape index (κ2) is 6.20. The zero-order chi connectivity index (χ0) is 13.9. The van der Waals surface area contributed by atoms with Crippen LogP contribution in [0.1, 0.15) is 11.1 Å². The summed E-state index contributed by atoms with van der Waals surface area (Å²) >= 11 is 6.42. The summed E-state index contributed by atoms with van der Waals surface area (Å²) in [5.74, 6) is 1.65. The maximum Gasteiger partial charge on any atom is 0.164 e. The molecule has 0 radical (unpaired) electrons. The molecule has 2 aliphatic heterocycles. The molecule has 0 atom stereocenters. The standard InChI is InChI=1S/C15H21ClN2O2/c1-11-12(2-5-18-6-3-17-4-7-18)13(16)10-14-15(11)20-9-8-19-14/h10,17H,2-9H2,1H3. The summed E-state index contributed by atoms with van der Waals surface area (Å²) in [6.45, 7) is 8.72. The van der Waals surface area contributed by atoms with E-state index in [1.165, 1.54) is 5.56 Å². The molecule has 2 aliphatic rings. The lowest BCUT2D eigenvalue weighted by Gasteiger charge is -2.28. The number of piperazine rings is 1. The van der Waals surface area contributed by atoms with Crippen molar-refractivity contribution in [3.63, 3.8) is 0 Å². The van der Waals surface area contributed by atoms with Crippen LogP contribution in [0.3, 0.4) is 0 Å². The van der Waals surface area contributed by atoms with Crippen LogP contribution in [0.15, 0.2) is 6.07 Å². The molecule has 110 valence electrons. The molecule has 0 saturated carbocycles. The fourth-order valence-electron chi connectivity index (χ4n) is 2.86. The van der Waals surface area contributed by atoms with E-state index in [1.54, 1.807) is 0 Å². The van der Waals surface area contributed by atoms with E-state index in [-0.39, 0.29) is 0 Å². The van der Waals surface area contributed by atoms with Gasteiger partial charge in [-0.2, -0.15) is 0 Å². The maximum absolute atomic E-state index is 6.42. The Morgan fingerprint density at radius 3 is 2.80 bits per heavy atom. The Morgan fingerprint density at radius 2 is 2.00 bits per heavy atom. The third kappa shape index (κ3) is 2.87. The summed E-state index contributed by atoms with van der Waals surface area (Å²) in [6, 6.07) is 1.90. The molecule has 1 N–H and O–H groups in total. The first-order valence-electron chi connectivity index (χ1n) is 7.26. The van der Waals surface area contributed by atoms with Crippen molar-refractivity contribution in [3.05, 3.63) is 22.2 Å². The molecule has 0 aromatic heterocycles. The highest BCUT2D eigenvalue weighted by atomic mass is 35.5. The van der Waals surface area contributed by atoms with Gasteiger partial charge in [0.1, 0.15) is 13.2 Å². The van der Waals surface area contributed by atoms with Crippen molar-refractivity contribution >= 4 is 11.6 Å². The highest BCUT2D eigenvalue weighted by molar-refractivity contribution is 6.31. The fraction of sp³-hybridized carbons (Fsp3) is 0.600. The van der Waals surface area contributed by atoms with Crippen molar-refractivity contribution in [2.45, 2.75) is 13.3 Å². The number of benzene rings is 1. The van der Waals surface area contributed by atoms with Gasteiger partial charge in [0.05, 0.1) is 0 Å². The van der Waals surface area contributed by atoms with Crippen LogP contribution in [0.4, 0.5) is 0 Å². The van der Waals surface area contributed by atoms with Crippen LogP contribution in [-0.4, -0.2) is 50.8 Å². The molecule has 0 spiro atoms. The lowest BCUT2D eigenvalue weighted by Crippen LogP contribution is -2.44. The van der Waals surface area contributed by atoms with Gasteiger partial charge in [-0.25, -0.2) is 0 Å². The number of hydrogen-bond donors (Lipinski definition) is 1. The molecule has 20 heavy (non-hydrogen) atoms. The highest BCUT2D eigenvalue weighted by Gasteiger charge is 2.20. The predicted octanol–water partition coefficient (Wildman–Crippen LogP) is 1.87. The van der Waals surface area contributed by atoms with Gasteiger partial charge < -0.3 is 19.7 Å². The van der Waals surface area contributed by atoms with Crippen molar-refractivity contribution in [1.82, 2.24) is 10.2 Å². The minimum Gasteiger partial charge on any atom is -0.486 e. The van der Waals surface area contributed by atoms with Gasteiger partial charge in [0.25, 0.3) is 0 Å². The molecule has 0 aliphatic carbocycles. The van der Waals surface area contributed by atoms with Gasteiger partial charge in [0, 0.05) is 43.8 Å². The van der Waals surface area contributed by atoms with Crippen molar-refractivity contribution in [2.24, 2.45) is 0 Å². The van der Waals surface area contributed by atoms with E-state index in [0.717, 1.165) is 61.2 Å². The molecule has 1 fully saturated rings. The predicted molar refractivity (Wildman–Crippen MR) is 80.2 cm³/mol. The first-order valence-corrected chi connectivity index (χ1v) is 7.64. The molecule has 0 bridgehead atoms. The SMILES string of the molecule is Cc1c(CCN2CCNCC2)c(Cl)cc2c1OCCO2. The molecular weight excluding hydrogens is 276 g/mol. The monoisotopic (exact) mass is 296 g/mol. The topological polar surface area (TPSA) is 33.7 Å². The molecule has 4 nitrogen and oxygen atoms in total. The Balaban J connectivity index is 1.75. The molecular formula is C15H21ClN2O2. The second-order valence-corrected chi connectivity index (χ2v) is 5.73. The van der Waals surface area contributed by atoms with E-state index in [4.69, 9.17) is 21.1 Å². The van der Waals surface area contributed by atoms with E-state index in [0.29, 0.717) is 13.2 Å². The number of hydrogen-bond acceptors (Lipinski definition) is 4. The van der Waals surface area contributed by atoms with E-state index in [9.17, 15) is 0 Å². The van der Waals surface area contributed by atoms with E-state index >= 15 is 0 Å². The summed E-state index contributed by atoms with van der Waals surface area (Å²) in [7, 11) is 0. The van der Waals surface area contributed by atoms with Crippen molar-refractivity contribution in [1.29, 1.82) is 0 Å². The highest BCUT2D eigenvalue weighted by Crippen LogP contribution is 2.39.